The van der Waals surface area contributed by atoms with Crippen LogP contribution in [0.2, 0.25) is 5.02 Å². The van der Waals surface area contributed by atoms with Crippen LogP contribution in [-0.4, -0.2) is 22.3 Å². The summed E-state index contributed by atoms with van der Waals surface area (Å²) >= 11 is 6.58. The third-order valence-electron chi connectivity index (χ3n) is 2.70. The van der Waals surface area contributed by atoms with Gasteiger partial charge in [0.05, 0.1) is 5.92 Å². The van der Waals surface area contributed by atoms with E-state index in [1.807, 2.05) is 0 Å². The number of hydrogen-bond donors (Lipinski definition) is 2. The van der Waals surface area contributed by atoms with Crippen molar-refractivity contribution in [1.29, 1.82) is 0 Å². The van der Waals surface area contributed by atoms with Gasteiger partial charge in [0.1, 0.15) is 5.25 Å². The van der Waals surface area contributed by atoms with Crippen LogP contribution < -0.4 is 10.6 Å². The molecule has 0 radical (unpaired) electrons. The summed E-state index contributed by atoms with van der Waals surface area (Å²) in [5, 5.41) is 4.32. The summed E-state index contributed by atoms with van der Waals surface area (Å²) in [7, 11) is 0. The van der Waals surface area contributed by atoms with Gasteiger partial charge in [-0.25, -0.2) is 0 Å². The minimum Gasteiger partial charge on any atom is -0.326 e. The Bertz CT molecular complexity index is 532. The molecule has 5 nitrogen and oxygen atoms in total. The van der Waals surface area contributed by atoms with Crippen molar-refractivity contribution in [3.05, 3.63) is 29.3 Å². The third-order valence-corrected chi connectivity index (χ3v) is 4.14. The average Bonchev–Trinajstić information content (AvgIpc) is 2.70. The van der Waals surface area contributed by atoms with E-state index in [2.05, 4.69) is 10.6 Å². The molecule has 2 N–H and O–H groups in total. The van der Waals surface area contributed by atoms with E-state index in [9.17, 15) is 14.4 Å². The Hall–Kier alpha value is -1.53. The first-order valence-corrected chi connectivity index (χ1v) is 6.81. The minimum atomic E-state index is -0.681. The van der Waals surface area contributed by atoms with Crippen molar-refractivity contribution >= 4 is 46.1 Å². The summed E-state index contributed by atoms with van der Waals surface area (Å²) in [6, 6.07) is 6.64. The number of hydrogen-bond acceptors (Lipinski definition) is 4. The molecule has 1 aromatic rings. The average molecular weight is 299 g/mol. The maximum Gasteiger partial charge on any atom is 0.286 e. The maximum atomic E-state index is 12.0. The van der Waals surface area contributed by atoms with E-state index in [4.69, 9.17) is 11.6 Å². The van der Waals surface area contributed by atoms with Crippen LogP contribution in [0.4, 0.5) is 10.5 Å². The van der Waals surface area contributed by atoms with Crippen molar-refractivity contribution in [2.24, 2.45) is 5.92 Å². The van der Waals surface area contributed by atoms with E-state index in [-0.39, 0.29) is 5.91 Å². The Morgan fingerprint density at radius 1 is 1.37 bits per heavy atom. The highest BCUT2D eigenvalue weighted by atomic mass is 35.5. The number of halogens is 1. The zero-order valence-electron chi connectivity index (χ0n) is 9.98. The van der Waals surface area contributed by atoms with Crippen molar-refractivity contribution in [2.75, 3.05) is 5.32 Å². The molecule has 3 amide bonds. The molecular formula is C12H11ClN2O3S. The van der Waals surface area contributed by atoms with Gasteiger partial charge in [0.25, 0.3) is 5.24 Å². The fraction of sp³-hybridized carbons (Fsp3) is 0.250. The van der Waals surface area contributed by atoms with Gasteiger partial charge in [-0.1, -0.05) is 30.3 Å². The molecule has 2 rings (SSSR count). The molecule has 2 atom stereocenters. The second kappa shape index (κ2) is 5.63. The summed E-state index contributed by atoms with van der Waals surface area (Å²) in [5.41, 5.74) is 0.594. The first kappa shape index (κ1) is 13.9. The van der Waals surface area contributed by atoms with Crippen molar-refractivity contribution in [3.8, 4) is 0 Å². The maximum absolute atomic E-state index is 12.0. The number of anilines is 1. The molecule has 0 bridgehead atoms. The van der Waals surface area contributed by atoms with E-state index >= 15 is 0 Å². The lowest BCUT2D eigenvalue weighted by Gasteiger charge is -2.15. The molecular weight excluding hydrogens is 288 g/mol. The Morgan fingerprint density at radius 3 is 2.53 bits per heavy atom. The van der Waals surface area contributed by atoms with Crippen LogP contribution in [0.3, 0.4) is 0 Å². The van der Waals surface area contributed by atoms with Gasteiger partial charge in [0, 0.05) is 10.7 Å². The zero-order chi connectivity index (χ0) is 14.0. The molecule has 19 heavy (non-hydrogen) atoms. The Labute approximate surface area is 119 Å². The largest absolute Gasteiger partial charge is 0.326 e. The fourth-order valence-electron chi connectivity index (χ4n) is 1.63. The summed E-state index contributed by atoms with van der Waals surface area (Å²) < 4.78 is 0. The van der Waals surface area contributed by atoms with Crippen molar-refractivity contribution < 1.29 is 14.4 Å². The number of amides is 3. The van der Waals surface area contributed by atoms with Gasteiger partial charge >= 0.3 is 0 Å². The van der Waals surface area contributed by atoms with Crippen LogP contribution in [0.15, 0.2) is 24.3 Å². The molecule has 0 spiro atoms. The van der Waals surface area contributed by atoms with Gasteiger partial charge in [-0.15, -0.1) is 0 Å². The number of carbonyl (C=O) groups excluding carboxylic acids is 3. The molecule has 1 aromatic carbocycles. The molecule has 0 saturated carbocycles. The van der Waals surface area contributed by atoms with E-state index in [0.29, 0.717) is 10.7 Å². The normalized spacial score (nSPS) is 20.0. The quantitative estimate of drug-likeness (QED) is 0.897. The number of benzene rings is 1. The Morgan fingerprint density at radius 2 is 2.00 bits per heavy atom. The molecule has 7 heteroatoms. The number of rotatable bonds is 3. The van der Waals surface area contributed by atoms with Crippen LogP contribution in [0.25, 0.3) is 0 Å². The molecule has 0 unspecified atom stereocenters. The lowest BCUT2D eigenvalue weighted by Crippen LogP contribution is -2.35. The first-order chi connectivity index (χ1) is 8.97. The molecule has 1 fully saturated rings. The van der Waals surface area contributed by atoms with E-state index in [0.717, 1.165) is 11.8 Å². The second-order valence-electron chi connectivity index (χ2n) is 4.10. The molecule has 1 aliphatic rings. The fourth-order valence-corrected chi connectivity index (χ4v) is 2.64. The number of nitrogens with one attached hydrogen (secondary N) is 2. The molecule has 0 aliphatic carbocycles. The molecule has 1 saturated heterocycles. The highest BCUT2D eigenvalue weighted by Gasteiger charge is 2.38. The van der Waals surface area contributed by atoms with Gasteiger partial charge in [-0.2, -0.15) is 0 Å². The molecule has 100 valence electrons. The second-order valence-corrected chi connectivity index (χ2v) is 5.65. The van der Waals surface area contributed by atoms with E-state index in [1.54, 1.807) is 31.2 Å². The standard InChI is InChI=1S/C12H11ClN2O3S/c1-6(9-11(17)15-12(18)19-9)10(16)14-8-4-2-7(13)3-5-8/h2-6,9H,1H3,(H,14,16)(H,15,17,18)/t6-,9-/m0/s1. The summed E-state index contributed by atoms with van der Waals surface area (Å²) in [6.07, 6.45) is 0. The summed E-state index contributed by atoms with van der Waals surface area (Å²) in [6.45, 7) is 1.61. The summed E-state index contributed by atoms with van der Waals surface area (Å²) in [5.74, 6) is -1.34. The highest BCUT2D eigenvalue weighted by molar-refractivity contribution is 8.15. The minimum absolute atomic E-state index is 0.315. The topological polar surface area (TPSA) is 75.3 Å². The third kappa shape index (κ3) is 3.27. The van der Waals surface area contributed by atoms with Crippen LogP contribution in [-0.2, 0) is 9.59 Å². The van der Waals surface area contributed by atoms with Crippen molar-refractivity contribution in [2.45, 2.75) is 12.2 Å². The number of imide groups is 1. The monoisotopic (exact) mass is 298 g/mol. The smallest absolute Gasteiger partial charge is 0.286 e. The van der Waals surface area contributed by atoms with Gasteiger partial charge < -0.3 is 5.32 Å². The van der Waals surface area contributed by atoms with Crippen LogP contribution >= 0.6 is 23.4 Å². The number of thioether (sulfide) groups is 1. The SMILES string of the molecule is C[C@H](C(=O)Nc1ccc(Cl)cc1)[C@@H]1SC(=O)NC1=O. The Kier molecular flexibility index (Phi) is 4.11. The van der Waals surface area contributed by atoms with Crippen LogP contribution in [0, 0.1) is 5.92 Å². The van der Waals surface area contributed by atoms with Gasteiger partial charge in [-0.05, 0) is 24.3 Å². The molecule has 0 aromatic heterocycles. The predicted octanol–water partition coefficient (Wildman–Crippen LogP) is 2.27. The van der Waals surface area contributed by atoms with E-state index in [1.165, 1.54) is 0 Å². The molecule has 1 aliphatic heterocycles. The van der Waals surface area contributed by atoms with Crippen LogP contribution in [0.1, 0.15) is 6.92 Å². The number of carbonyl (C=O) groups is 3. The highest BCUT2D eigenvalue weighted by Crippen LogP contribution is 2.27. The lowest BCUT2D eigenvalue weighted by molar-refractivity contribution is -0.125. The first-order valence-electron chi connectivity index (χ1n) is 5.55. The van der Waals surface area contributed by atoms with Crippen LogP contribution in [0.5, 0.6) is 0 Å². The Balaban J connectivity index is 2.01. The van der Waals surface area contributed by atoms with Gasteiger partial charge in [-0.3, -0.25) is 19.7 Å². The predicted molar refractivity (Wildman–Crippen MR) is 74.2 cm³/mol. The molecule has 1 heterocycles. The zero-order valence-corrected chi connectivity index (χ0v) is 11.5. The summed E-state index contributed by atoms with van der Waals surface area (Å²) in [4.78, 5) is 34.5. The lowest BCUT2D eigenvalue weighted by atomic mass is 10.1. The van der Waals surface area contributed by atoms with E-state index < -0.39 is 22.3 Å². The van der Waals surface area contributed by atoms with Crippen molar-refractivity contribution in [3.63, 3.8) is 0 Å². The van der Waals surface area contributed by atoms with Crippen molar-refractivity contribution in [1.82, 2.24) is 5.32 Å². The van der Waals surface area contributed by atoms with Gasteiger partial charge in [0.2, 0.25) is 11.8 Å². The van der Waals surface area contributed by atoms with Gasteiger partial charge in [0.15, 0.2) is 0 Å².